The molecule has 0 radical (unpaired) electrons. The van der Waals surface area contributed by atoms with Crippen molar-refractivity contribution in [2.45, 2.75) is 84.6 Å². The highest BCUT2D eigenvalue weighted by molar-refractivity contribution is 5.92. The van der Waals surface area contributed by atoms with E-state index in [1.165, 1.54) is 19.3 Å². The molecule has 2 aromatic heterocycles. The van der Waals surface area contributed by atoms with E-state index in [-0.39, 0.29) is 11.3 Å². The summed E-state index contributed by atoms with van der Waals surface area (Å²) in [4.78, 5) is 12.8. The summed E-state index contributed by atoms with van der Waals surface area (Å²) >= 11 is 0. The zero-order valence-corrected chi connectivity index (χ0v) is 16.0. The van der Waals surface area contributed by atoms with Crippen LogP contribution in [0.3, 0.4) is 0 Å². The van der Waals surface area contributed by atoms with Gasteiger partial charge in [0, 0.05) is 11.8 Å². The molecule has 0 bridgehead atoms. The van der Waals surface area contributed by atoms with Crippen molar-refractivity contribution >= 4 is 11.6 Å². The number of hydrogen-bond acceptors (Lipinski definition) is 3. The molecule has 25 heavy (non-hydrogen) atoms. The Morgan fingerprint density at radius 2 is 1.80 bits per heavy atom. The maximum absolute atomic E-state index is 12.8. The summed E-state index contributed by atoms with van der Waals surface area (Å²) in [6, 6.07) is 1.98. The van der Waals surface area contributed by atoms with E-state index in [4.69, 9.17) is 0 Å². The lowest BCUT2D eigenvalue weighted by atomic mass is 9.57. The van der Waals surface area contributed by atoms with Crippen LogP contribution in [0.4, 0.5) is 0 Å². The first-order chi connectivity index (χ1) is 12.0. The number of carbonyl (C=O) groups excluding carboxylic acids is 1. The number of nitrogens with one attached hydrogen (secondary N) is 2. The van der Waals surface area contributed by atoms with E-state index in [2.05, 4.69) is 41.4 Å². The Labute approximate surface area is 149 Å². The molecular weight excluding hydrogens is 314 g/mol. The van der Waals surface area contributed by atoms with Gasteiger partial charge < -0.3 is 5.32 Å². The van der Waals surface area contributed by atoms with Gasteiger partial charge in [-0.2, -0.15) is 0 Å². The van der Waals surface area contributed by atoms with E-state index in [0.29, 0.717) is 0 Å². The van der Waals surface area contributed by atoms with Crippen LogP contribution in [-0.4, -0.2) is 25.7 Å². The van der Waals surface area contributed by atoms with Crippen molar-refractivity contribution in [3.05, 3.63) is 17.6 Å². The van der Waals surface area contributed by atoms with Crippen molar-refractivity contribution in [2.75, 3.05) is 0 Å². The number of nitrogens with zero attached hydrogens (tertiary/aromatic N) is 3. The lowest BCUT2D eigenvalue weighted by Gasteiger charge is -2.56. The first-order valence-corrected chi connectivity index (χ1v) is 9.72. The lowest BCUT2D eigenvalue weighted by Crippen LogP contribution is -2.73. The molecule has 3 heterocycles. The third-order valence-corrected chi connectivity index (χ3v) is 5.94. The molecule has 6 heteroatoms. The Hall–Kier alpha value is -1.85. The molecular formula is C19H31N5O. The number of unbranched alkanes of at least 4 members (excludes halogenated alkanes) is 4. The summed E-state index contributed by atoms with van der Waals surface area (Å²) in [5, 5.41) is 15.2. The molecule has 1 aliphatic heterocycles. The molecule has 0 aromatic carbocycles. The molecule has 1 aliphatic rings. The highest BCUT2D eigenvalue weighted by Crippen LogP contribution is 2.53. The fourth-order valence-corrected chi connectivity index (χ4v) is 4.31. The van der Waals surface area contributed by atoms with Gasteiger partial charge in [0.15, 0.2) is 11.5 Å². The van der Waals surface area contributed by atoms with E-state index >= 15 is 0 Å². The number of fused-ring (bicyclic) bond motifs is 1. The minimum absolute atomic E-state index is 0.181. The lowest BCUT2D eigenvalue weighted by molar-refractivity contribution is -0.160. The number of hydrogen-bond donors (Lipinski definition) is 2. The van der Waals surface area contributed by atoms with Crippen molar-refractivity contribution in [1.29, 1.82) is 0 Å². The summed E-state index contributed by atoms with van der Waals surface area (Å²) in [5.74, 6) is 1.00. The van der Waals surface area contributed by atoms with Crippen molar-refractivity contribution in [3.8, 4) is 0 Å². The summed E-state index contributed by atoms with van der Waals surface area (Å²) in [6.07, 6.45) is 8.69. The van der Waals surface area contributed by atoms with Gasteiger partial charge in [-0.1, -0.05) is 52.4 Å². The normalized spacial score (nSPS) is 26.0. The summed E-state index contributed by atoms with van der Waals surface area (Å²) in [7, 11) is 0. The third kappa shape index (κ3) is 2.75. The molecule has 0 saturated carbocycles. The SMILES string of the molecule is CCCCCCC1(CCCC)C(=O)NC1(C)c1nnc2cc(C)[nH]n12. The second-order valence-corrected chi connectivity index (χ2v) is 7.73. The van der Waals surface area contributed by atoms with E-state index in [9.17, 15) is 4.79 Å². The molecule has 138 valence electrons. The van der Waals surface area contributed by atoms with Crippen molar-refractivity contribution in [1.82, 2.24) is 25.1 Å². The van der Waals surface area contributed by atoms with Gasteiger partial charge in [0.05, 0.1) is 5.41 Å². The number of aromatic nitrogens is 4. The number of aryl methyl sites for hydroxylation is 1. The van der Waals surface area contributed by atoms with Crippen LogP contribution in [0.1, 0.15) is 83.7 Å². The number of β-lactam (4-membered cyclic amide) rings is 1. The second-order valence-electron chi connectivity index (χ2n) is 7.73. The Balaban J connectivity index is 1.94. The molecule has 0 spiro atoms. The van der Waals surface area contributed by atoms with Gasteiger partial charge in [-0.05, 0) is 26.7 Å². The predicted molar refractivity (Wildman–Crippen MR) is 98.3 cm³/mol. The zero-order valence-electron chi connectivity index (χ0n) is 16.0. The van der Waals surface area contributed by atoms with Crippen LogP contribution in [0.5, 0.6) is 0 Å². The fraction of sp³-hybridized carbons (Fsp3) is 0.737. The van der Waals surface area contributed by atoms with E-state index in [1.807, 2.05) is 17.5 Å². The van der Waals surface area contributed by atoms with Gasteiger partial charge in [-0.25, -0.2) is 4.52 Å². The summed E-state index contributed by atoms with van der Waals surface area (Å²) in [6.45, 7) is 8.53. The standard InChI is InChI=1S/C19H31N5O/c1-5-7-9-10-12-19(11-8-6-2)17(25)20-18(19,4)16-22-21-15-13-14(3)23-24(15)16/h13,23H,5-12H2,1-4H3,(H,20,25). The third-order valence-electron chi connectivity index (χ3n) is 5.94. The van der Waals surface area contributed by atoms with Crippen LogP contribution in [-0.2, 0) is 10.3 Å². The Morgan fingerprint density at radius 1 is 1.08 bits per heavy atom. The van der Waals surface area contributed by atoms with Gasteiger partial charge >= 0.3 is 0 Å². The van der Waals surface area contributed by atoms with Gasteiger partial charge in [0.2, 0.25) is 5.91 Å². The quantitative estimate of drug-likeness (QED) is 0.535. The summed E-state index contributed by atoms with van der Waals surface area (Å²) < 4.78 is 1.93. The average Bonchev–Trinajstić information content (AvgIpc) is 3.12. The van der Waals surface area contributed by atoms with Gasteiger partial charge in [0.25, 0.3) is 0 Å². The maximum Gasteiger partial charge on any atom is 0.229 e. The maximum atomic E-state index is 12.8. The molecule has 2 atom stereocenters. The number of carbonyl (C=O) groups is 1. The highest BCUT2D eigenvalue weighted by Gasteiger charge is 2.65. The van der Waals surface area contributed by atoms with Crippen LogP contribution in [0.2, 0.25) is 0 Å². The molecule has 0 aliphatic carbocycles. The minimum Gasteiger partial charge on any atom is -0.342 e. The topological polar surface area (TPSA) is 75.1 Å². The minimum atomic E-state index is -0.470. The largest absolute Gasteiger partial charge is 0.342 e. The average molecular weight is 345 g/mol. The molecule has 3 rings (SSSR count). The Kier molecular flexibility index (Phi) is 4.89. The number of rotatable bonds is 9. The molecule has 1 amide bonds. The highest BCUT2D eigenvalue weighted by atomic mass is 16.2. The molecule has 2 unspecified atom stereocenters. The van der Waals surface area contributed by atoms with Crippen LogP contribution in [0.25, 0.3) is 5.65 Å². The van der Waals surface area contributed by atoms with Gasteiger partial charge in [-0.3, -0.25) is 9.89 Å². The molecule has 1 fully saturated rings. The van der Waals surface area contributed by atoms with E-state index < -0.39 is 5.54 Å². The Morgan fingerprint density at radius 3 is 2.48 bits per heavy atom. The molecule has 2 N–H and O–H groups in total. The van der Waals surface area contributed by atoms with Gasteiger partial charge in [0.1, 0.15) is 5.54 Å². The molecule has 1 saturated heterocycles. The number of aromatic amines is 1. The van der Waals surface area contributed by atoms with Crippen LogP contribution in [0.15, 0.2) is 6.07 Å². The van der Waals surface area contributed by atoms with E-state index in [1.54, 1.807) is 0 Å². The first-order valence-electron chi connectivity index (χ1n) is 9.72. The summed E-state index contributed by atoms with van der Waals surface area (Å²) in [5.41, 5.74) is 1.01. The molecule has 6 nitrogen and oxygen atoms in total. The number of H-pyrrole nitrogens is 1. The van der Waals surface area contributed by atoms with Crippen LogP contribution >= 0.6 is 0 Å². The monoisotopic (exact) mass is 345 g/mol. The fourth-order valence-electron chi connectivity index (χ4n) is 4.31. The number of amides is 1. The smallest absolute Gasteiger partial charge is 0.229 e. The molecule has 2 aromatic rings. The predicted octanol–water partition coefficient (Wildman–Crippen LogP) is 3.86. The van der Waals surface area contributed by atoms with Gasteiger partial charge in [-0.15, -0.1) is 10.2 Å². The van der Waals surface area contributed by atoms with Crippen molar-refractivity contribution in [3.63, 3.8) is 0 Å². The van der Waals surface area contributed by atoms with Crippen LogP contribution < -0.4 is 5.32 Å². The second kappa shape index (κ2) is 6.81. The van der Waals surface area contributed by atoms with Crippen molar-refractivity contribution < 1.29 is 4.79 Å². The van der Waals surface area contributed by atoms with Crippen molar-refractivity contribution in [2.24, 2.45) is 5.41 Å². The zero-order chi connectivity index (χ0) is 18.1. The first kappa shape index (κ1) is 18.0. The Bertz CT molecular complexity index is 748. The van der Waals surface area contributed by atoms with Crippen LogP contribution in [0, 0.1) is 12.3 Å². The van der Waals surface area contributed by atoms with E-state index in [0.717, 1.165) is 49.3 Å².